The maximum atomic E-state index is 10.8. The molecule has 0 saturated heterocycles. The molecule has 0 aliphatic carbocycles. The van der Waals surface area contributed by atoms with Crippen molar-refractivity contribution in [3.05, 3.63) is 0 Å². The molecule has 0 radical (unpaired) electrons. The summed E-state index contributed by atoms with van der Waals surface area (Å²) >= 11 is 5.44. The Labute approximate surface area is 72.9 Å². The van der Waals surface area contributed by atoms with Gasteiger partial charge in [0.1, 0.15) is 0 Å². The van der Waals surface area contributed by atoms with Crippen molar-refractivity contribution in [1.29, 1.82) is 0 Å². The molecule has 0 aromatic carbocycles. The van der Waals surface area contributed by atoms with Gasteiger partial charge in [0.15, 0.2) is 0 Å². The van der Waals surface area contributed by atoms with E-state index in [-0.39, 0.29) is 5.97 Å². The number of unbranched alkanes of at least 4 members (excludes halogenated alkanes) is 1. The second-order valence-electron chi connectivity index (χ2n) is 2.37. The molecule has 0 unspecified atom stereocenters. The summed E-state index contributed by atoms with van der Waals surface area (Å²) < 4.78 is 4.86. The third kappa shape index (κ3) is 7.66. The Bertz CT molecular complexity index is 104. The van der Waals surface area contributed by atoms with Gasteiger partial charge in [-0.25, -0.2) is 0 Å². The first-order valence-electron chi connectivity index (χ1n) is 4.02. The van der Waals surface area contributed by atoms with Gasteiger partial charge in [-0.3, -0.25) is 4.79 Å². The van der Waals surface area contributed by atoms with Gasteiger partial charge < -0.3 is 4.74 Å². The number of carbonyl (C=O) groups excluding carboxylic acids is 1. The molecular formula is C8H15ClO2. The highest BCUT2D eigenvalue weighted by atomic mass is 35.5. The highest BCUT2D eigenvalue weighted by molar-refractivity contribution is 6.17. The van der Waals surface area contributed by atoms with E-state index in [2.05, 4.69) is 0 Å². The van der Waals surface area contributed by atoms with Crippen LogP contribution in [0.4, 0.5) is 0 Å². The fourth-order valence-corrected chi connectivity index (χ4v) is 0.841. The predicted molar refractivity (Wildman–Crippen MR) is 45.8 cm³/mol. The molecule has 0 rings (SSSR count). The van der Waals surface area contributed by atoms with Crippen molar-refractivity contribution in [2.45, 2.75) is 32.6 Å². The number of halogens is 1. The summed E-state index contributed by atoms with van der Waals surface area (Å²) in [5.41, 5.74) is 0. The van der Waals surface area contributed by atoms with Crippen molar-refractivity contribution < 1.29 is 9.53 Å². The zero-order valence-corrected chi connectivity index (χ0v) is 7.69. The van der Waals surface area contributed by atoms with E-state index in [9.17, 15) is 4.79 Å². The Hall–Kier alpha value is -0.240. The summed E-state index contributed by atoms with van der Waals surface area (Å²) in [6, 6.07) is 0. The molecule has 0 aromatic heterocycles. The Balaban J connectivity index is 3.09. The lowest BCUT2D eigenvalue weighted by Gasteiger charge is -2.00. The molecule has 0 amide bonds. The maximum Gasteiger partial charge on any atom is 0.305 e. The van der Waals surface area contributed by atoms with E-state index in [0.29, 0.717) is 18.9 Å². The minimum absolute atomic E-state index is 0.100. The van der Waals surface area contributed by atoms with Crippen LogP contribution in [0.1, 0.15) is 32.6 Å². The Morgan fingerprint density at radius 1 is 1.45 bits per heavy atom. The van der Waals surface area contributed by atoms with Crippen LogP contribution in [0.2, 0.25) is 0 Å². The molecule has 0 N–H and O–H groups in total. The molecule has 3 heteroatoms. The number of hydrogen-bond acceptors (Lipinski definition) is 2. The fourth-order valence-electron chi connectivity index (χ4n) is 0.652. The summed E-state index contributed by atoms with van der Waals surface area (Å²) in [4.78, 5) is 10.8. The van der Waals surface area contributed by atoms with Gasteiger partial charge in [-0.2, -0.15) is 0 Å². The minimum atomic E-state index is -0.100. The predicted octanol–water partition coefficient (Wildman–Crippen LogP) is 2.35. The SMILES string of the molecule is CCCOC(=O)CCCCCl. The summed E-state index contributed by atoms with van der Waals surface area (Å²) in [7, 11) is 0. The van der Waals surface area contributed by atoms with Gasteiger partial charge in [-0.1, -0.05) is 6.92 Å². The molecule has 0 fully saturated rings. The van der Waals surface area contributed by atoms with E-state index in [1.165, 1.54) is 0 Å². The third-order valence-corrected chi connectivity index (χ3v) is 1.50. The number of carbonyl (C=O) groups is 1. The molecule has 11 heavy (non-hydrogen) atoms. The number of esters is 1. The third-order valence-electron chi connectivity index (χ3n) is 1.23. The van der Waals surface area contributed by atoms with Gasteiger partial charge in [0, 0.05) is 12.3 Å². The average molecular weight is 179 g/mol. The fraction of sp³-hybridized carbons (Fsp3) is 0.875. The largest absolute Gasteiger partial charge is 0.466 e. The maximum absolute atomic E-state index is 10.8. The first-order valence-corrected chi connectivity index (χ1v) is 4.56. The van der Waals surface area contributed by atoms with Crippen molar-refractivity contribution in [2.24, 2.45) is 0 Å². The molecule has 0 aromatic rings. The summed E-state index contributed by atoms with van der Waals surface area (Å²) in [5.74, 6) is 0.526. The van der Waals surface area contributed by atoms with Crippen LogP contribution in [0.25, 0.3) is 0 Å². The van der Waals surface area contributed by atoms with Crippen LogP contribution in [-0.4, -0.2) is 18.5 Å². The van der Waals surface area contributed by atoms with Crippen LogP contribution in [0, 0.1) is 0 Å². The normalized spacial score (nSPS) is 9.64. The highest BCUT2D eigenvalue weighted by Gasteiger charge is 1.99. The lowest BCUT2D eigenvalue weighted by atomic mass is 10.2. The highest BCUT2D eigenvalue weighted by Crippen LogP contribution is 1.99. The monoisotopic (exact) mass is 178 g/mol. The van der Waals surface area contributed by atoms with E-state index in [4.69, 9.17) is 16.3 Å². The van der Waals surface area contributed by atoms with Gasteiger partial charge in [-0.05, 0) is 19.3 Å². The van der Waals surface area contributed by atoms with Crippen molar-refractivity contribution in [3.63, 3.8) is 0 Å². The van der Waals surface area contributed by atoms with Gasteiger partial charge >= 0.3 is 5.97 Å². The molecule has 0 atom stereocenters. The van der Waals surface area contributed by atoms with Gasteiger partial charge in [0.2, 0.25) is 0 Å². The first-order chi connectivity index (χ1) is 5.31. The average Bonchev–Trinajstić information content (AvgIpc) is 2.01. The first kappa shape index (κ1) is 10.8. The molecule has 0 spiro atoms. The number of ether oxygens (including phenoxy) is 1. The van der Waals surface area contributed by atoms with Crippen molar-refractivity contribution in [1.82, 2.24) is 0 Å². The van der Waals surface area contributed by atoms with Crippen LogP contribution < -0.4 is 0 Å². The summed E-state index contributed by atoms with van der Waals surface area (Å²) in [6.45, 7) is 2.52. The van der Waals surface area contributed by atoms with Crippen molar-refractivity contribution in [3.8, 4) is 0 Å². The molecule has 0 heterocycles. The Morgan fingerprint density at radius 3 is 2.73 bits per heavy atom. The van der Waals surface area contributed by atoms with E-state index >= 15 is 0 Å². The van der Waals surface area contributed by atoms with Crippen LogP contribution in [0.3, 0.4) is 0 Å². The molecular weight excluding hydrogens is 164 g/mol. The van der Waals surface area contributed by atoms with Crippen LogP contribution in [0.5, 0.6) is 0 Å². The summed E-state index contributed by atoms with van der Waals surface area (Å²) in [6.07, 6.45) is 3.13. The van der Waals surface area contributed by atoms with Crippen LogP contribution in [-0.2, 0) is 9.53 Å². The van der Waals surface area contributed by atoms with Crippen molar-refractivity contribution in [2.75, 3.05) is 12.5 Å². The second kappa shape index (κ2) is 7.86. The number of rotatable bonds is 6. The molecule has 0 saturated carbocycles. The van der Waals surface area contributed by atoms with Gasteiger partial charge in [0.25, 0.3) is 0 Å². The lowest BCUT2D eigenvalue weighted by molar-refractivity contribution is -0.143. The van der Waals surface area contributed by atoms with Gasteiger partial charge in [0.05, 0.1) is 6.61 Å². The second-order valence-corrected chi connectivity index (χ2v) is 2.74. The summed E-state index contributed by atoms with van der Waals surface area (Å²) in [5, 5.41) is 0. The molecule has 0 bridgehead atoms. The van der Waals surface area contributed by atoms with Crippen LogP contribution >= 0.6 is 11.6 Å². The standard InChI is InChI=1S/C8H15ClO2/c1-2-7-11-8(10)5-3-4-6-9/h2-7H2,1H3. The Morgan fingerprint density at radius 2 is 2.18 bits per heavy atom. The zero-order chi connectivity index (χ0) is 8.53. The molecule has 2 nitrogen and oxygen atoms in total. The molecule has 0 aliphatic heterocycles. The molecule has 0 aliphatic rings. The van der Waals surface area contributed by atoms with Crippen LogP contribution in [0.15, 0.2) is 0 Å². The minimum Gasteiger partial charge on any atom is -0.466 e. The topological polar surface area (TPSA) is 26.3 Å². The van der Waals surface area contributed by atoms with E-state index in [0.717, 1.165) is 19.3 Å². The van der Waals surface area contributed by atoms with E-state index < -0.39 is 0 Å². The smallest absolute Gasteiger partial charge is 0.305 e. The van der Waals surface area contributed by atoms with E-state index in [1.54, 1.807) is 0 Å². The number of hydrogen-bond donors (Lipinski definition) is 0. The number of alkyl halides is 1. The Kier molecular flexibility index (Phi) is 7.69. The lowest BCUT2D eigenvalue weighted by Crippen LogP contribution is -2.04. The zero-order valence-electron chi connectivity index (χ0n) is 6.94. The molecule has 66 valence electrons. The van der Waals surface area contributed by atoms with Crippen molar-refractivity contribution >= 4 is 17.6 Å². The van der Waals surface area contributed by atoms with Gasteiger partial charge in [-0.15, -0.1) is 11.6 Å². The quantitative estimate of drug-likeness (QED) is 0.355. The van der Waals surface area contributed by atoms with E-state index in [1.807, 2.05) is 6.92 Å².